The predicted octanol–water partition coefficient (Wildman–Crippen LogP) is 1.65. The van der Waals surface area contributed by atoms with Crippen molar-refractivity contribution in [2.75, 3.05) is 18.7 Å². The molecule has 0 fully saturated rings. The van der Waals surface area contributed by atoms with Crippen molar-refractivity contribution in [3.8, 4) is 0 Å². The molecule has 23 heavy (non-hydrogen) atoms. The summed E-state index contributed by atoms with van der Waals surface area (Å²) < 4.78 is 17.7. The van der Waals surface area contributed by atoms with Crippen LogP contribution in [0.25, 0.3) is 0 Å². The predicted molar refractivity (Wildman–Crippen MR) is 78.1 cm³/mol. The molecule has 0 saturated carbocycles. The van der Waals surface area contributed by atoms with Crippen LogP contribution < -0.4 is 11.0 Å². The fourth-order valence-electron chi connectivity index (χ4n) is 1.48. The minimum absolute atomic E-state index is 0.0249. The molecular weight excluding hydrogens is 333 g/mol. The summed E-state index contributed by atoms with van der Waals surface area (Å²) in [6.45, 7) is 0.192. The van der Waals surface area contributed by atoms with E-state index in [4.69, 9.17) is 21.5 Å². The second-order valence-electron chi connectivity index (χ2n) is 4.16. The van der Waals surface area contributed by atoms with Crippen molar-refractivity contribution in [2.24, 2.45) is 4.99 Å². The number of hydrogen-bond acceptors (Lipinski definition) is 8. The Bertz CT molecular complexity index is 681. The average Bonchev–Trinajstić information content (AvgIpc) is 3.01. The number of hydrogen-bond donors (Lipinski definition) is 4. The van der Waals surface area contributed by atoms with Crippen LogP contribution in [0.1, 0.15) is 12.1 Å². The first kappa shape index (κ1) is 17.1. The van der Waals surface area contributed by atoms with Gasteiger partial charge in [-0.2, -0.15) is 0 Å². The van der Waals surface area contributed by atoms with E-state index in [1.165, 1.54) is 12.1 Å². The lowest BCUT2D eigenvalue weighted by molar-refractivity contribution is 0.160. The van der Waals surface area contributed by atoms with Crippen LogP contribution in [0.4, 0.5) is 15.9 Å². The number of aromatic nitrogens is 2. The summed E-state index contributed by atoms with van der Waals surface area (Å²) in [4.78, 5) is 9.06. The van der Waals surface area contributed by atoms with Crippen LogP contribution >= 0.6 is 11.6 Å². The maximum atomic E-state index is 13.1. The first-order chi connectivity index (χ1) is 11.2. The van der Waals surface area contributed by atoms with E-state index in [1.54, 1.807) is 0 Å². The fourth-order valence-corrected chi connectivity index (χ4v) is 1.66. The van der Waals surface area contributed by atoms with Crippen molar-refractivity contribution in [1.82, 2.24) is 15.8 Å². The van der Waals surface area contributed by atoms with Crippen molar-refractivity contribution in [1.29, 1.82) is 0 Å². The summed E-state index contributed by atoms with van der Waals surface area (Å²) in [5.41, 5.74) is 4.59. The van der Waals surface area contributed by atoms with Crippen molar-refractivity contribution >= 4 is 28.9 Å². The number of rotatable bonds is 7. The van der Waals surface area contributed by atoms with Crippen molar-refractivity contribution in [3.05, 3.63) is 34.7 Å². The highest BCUT2D eigenvalue weighted by Crippen LogP contribution is 2.22. The van der Waals surface area contributed by atoms with E-state index in [0.717, 1.165) is 6.07 Å². The van der Waals surface area contributed by atoms with Gasteiger partial charge in [0.15, 0.2) is 11.5 Å². The lowest BCUT2D eigenvalue weighted by Crippen LogP contribution is -2.22. The maximum Gasteiger partial charge on any atom is 0.225 e. The lowest BCUT2D eigenvalue weighted by atomic mass is 10.3. The standard InChI is InChI=1S/C12H13ClFN5O4/c13-8-6-7(2-3-9(8)14)15-11(16-21)10-12(19-23-17-10)18-22-5-1-4-20/h2-3,6,20-21H,1,4-5H2,(H,15,16)(H,18,19). The summed E-state index contributed by atoms with van der Waals surface area (Å²) in [5, 5.41) is 24.9. The minimum Gasteiger partial charge on any atom is -0.396 e. The molecule has 0 unspecified atom stereocenters. The fraction of sp³-hybridized carbons (Fsp3) is 0.250. The molecule has 0 aliphatic heterocycles. The smallest absolute Gasteiger partial charge is 0.225 e. The van der Waals surface area contributed by atoms with Gasteiger partial charge in [0, 0.05) is 6.61 Å². The van der Waals surface area contributed by atoms with E-state index in [1.807, 2.05) is 5.48 Å². The minimum atomic E-state index is -0.591. The Hall–Kier alpha value is -2.27. The molecular formula is C12H13ClFN5O4. The second-order valence-corrected chi connectivity index (χ2v) is 4.57. The molecule has 9 nitrogen and oxygen atoms in total. The first-order valence-electron chi connectivity index (χ1n) is 6.41. The highest BCUT2D eigenvalue weighted by Gasteiger charge is 2.17. The average molecular weight is 346 g/mol. The van der Waals surface area contributed by atoms with Gasteiger partial charge in [-0.25, -0.2) is 19.5 Å². The van der Waals surface area contributed by atoms with Gasteiger partial charge in [0.05, 0.1) is 17.3 Å². The number of nitrogens with one attached hydrogen (secondary N) is 2. The Labute approximate surface area is 134 Å². The Morgan fingerprint density at radius 1 is 1.43 bits per heavy atom. The molecule has 4 N–H and O–H groups in total. The van der Waals surface area contributed by atoms with Gasteiger partial charge >= 0.3 is 0 Å². The molecule has 0 spiro atoms. The molecule has 0 radical (unpaired) electrons. The molecule has 0 bridgehead atoms. The van der Waals surface area contributed by atoms with Crippen LogP contribution in [-0.4, -0.2) is 39.7 Å². The normalized spacial score (nSPS) is 11.6. The molecule has 1 aromatic heterocycles. The maximum absolute atomic E-state index is 13.1. The van der Waals surface area contributed by atoms with Gasteiger partial charge < -0.3 is 5.11 Å². The van der Waals surface area contributed by atoms with E-state index in [9.17, 15) is 9.60 Å². The van der Waals surface area contributed by atoms with E-state index < -0.39 is 5.82 Å². The van der Waals surface area contributed by atoms with Crippen molar-refractivity contribution < 1.29 is 24.2 Å². The molecule has 0 aliphatic carbocycles. The highest BCUT2D eigenvalue weighted by molar-refractivity contribution is 6.31. The zero-order chi connectivity index (χ0) is 16.7. The summed E-state index contributed by atoms with van der Waals surface area (Å²) in [7, 11) is 0. The number of anilines is 1. The van der Waals surface area contributed by atoms with E-state index in [-0.39, 0.29) is 41.3 Å². The van der Waals surface area contributed by atoms with E-state index in [2.05, 4.69) is 25.4 Å². The Kier molecular flexibility index (Phi) is 6.23. The number of nitrogens with zero attached hydrogens (tertiary/aromatic N) is 3. The number of aliphatic hydroxyl groups is 1. The van der Waals surface area contributed by atoms with Gasteiger partial charge in [-0.3, -0.25) is 15.5 Å². The third-order valence-electron chi connectivity index (χ3n) is 2.54. The quantitative estimate of drug-likeness (QED) is 0.258. The number of amidine groups is 1. The summed E-state index contributed by atoms with van der Waals surface area (Å²) in [6.07, 6.45) is 0.418. The second kappa shape index (κ2) is 8.39. The zero-order valence-electron chi connectivity index (χ0n) is 11.7. The number of aliphatic imine (C=N–C) groups is 1. The molecule has 0 atom stereocenters. The van der Waals surface area contributed by atoms with E-state index >= 15 is 0 Å². The van der Waals surface area contributed by atoms with Crippen LogP contribution in [0, 0.1) is 5.82 Å². The molecule has 124 valence electrons. The van der Waals surface area contributed by atoms with Gasteiger partial charge in [-0.15, -0.1) is 0 Å². The van der Waals surface area contributed by atoms with Gasteiger partial charge in [-0.05, 0) is 34.9 Å². The Morgan fingerprint density at radius 3 is 2.96 bits per heavy atom. The topological polar surface area (TPSA) is 125 Å². The zero-order valence-corrected chi connectivity index (χ0v) is 12.4. The summed E-state index contributed by atoms with van der Waals surface area (Å²) in [6, 6.07) is 3.76. The number of benzene rings is 1. The van der Waals surface area contributed by atoms with Crippen LogP contribution in [0.5, 0.6) is 0 Å². The van der Waals surface area contributed by atoms with Crippen LogP contribution in [0.3, 0.4) is 0 Å². The molecule has 1 heterocycles. The summed E-state index contributed by atoms with van der Waals surface area (Å²) in [5.74, 6) is -0.662. The van der Waals surface area contributed by atoms with Gasteiger partial charge in [-0.1, -0.05) is 11.6 Å². The first-order valence-corrected chi connectivity index (χ1v) is 6.79. The molecule has 2 rings (SSSR count). The Morgan fingerprint density at radius 2 is 2.26 bits per heavy atom. The third kappa shape index (κ3) is 4.60. The monoisotopic (exact) mass is 345 g/mol. The van der Waals surface area contributed by atoms with Crippen molar-refractivity contribution in [2.45, 2.75) is 6.42 Å². The highest BCUT2D eigenvalue weighted by atomic mass is 35.5. The van der Waals surface area contributed by atoms with Gasteiger partial charge in [0.2, 0.25) is 5.82 Å². The molecule has 0 aliphatic rings. The SMILES string of the molecule is OCCCONc1nonc1C(=Nc1ccc(F)c(Cl)c1)NO. The largest absolute Gasteiger partial charge is 0.396 e. The Balaban J connectivity index is 2.18. The summed E-state index contributed by atoms with van der Waals surface area (Å²) >= 11 is 5.67. The molecule has 2 aromatic rings. The van der Waals surface area contributed by atoms with Crippen molar-refractivity contribution in [3.63, 3.8) is 0 Å². The molecule has 0 amide bonds. The van der Waals surface area contributed by atoms with Crippen LogP contribution in [-0.2, 0) is 4.84 Å². The molecule has 11 heteroatoms. The number of hydroxylamine groups is 1. The number of aliphatic hydroxyl groups excluding tert-OH is 1. The van der Waals surface area contributed by atoms with E-state index in [0.29, 0.717) is 6.42 Å². The molecule has 0 saturated heterocycles. The lowest BCUT2D eigenvalue weighted by Gasteiger charge is -2.05. The van der Waals surface area contributed by atoms with Crippen LogP contribution in [0.15, 0.2) is 27.8 Å². The van der Waals surface area contributed by atoms with Gasteiger partial charge in [0.25, 0.3) is 0 Å². The number of halogens is 2. The molecule has 1 aromatic carbocycles. The van der Waals surface area contributed by atoms with Crippen LogP contribution in [0.2, 0.25) is 5.02 Å². The van der Waals surface area contributed by atoms with Gasteiger partial charge in [0.1, 0.15) is 5.82 Å². The third-order valence-corrected chi connectivity index (χ3v) is 2.83.